The Labute approximate surface area is 164 Å². The van der Waals surface area contributed by atoms with Crippen molar-refractivity contribution in [2.45, 2.75) is 25.8 Å². The first-order valence-corrected chi connectivity index (χ1v) is 9.43. The molecule has 6 heteroatoms. The van der Waals surface area contributed by atoms with E-state index in [0.717, 1.165) is 18.4 Å². The Balaban J connectivity index is 1.43. The van der Waals surface area contributed by atoms with E-state index >= 15 is 0 Å². The number of benzene rings is 2. The molecule has 1 N–H and O–H groups in total. The third-order valence-electron chi connectivity index (χ3n) is 4.61. The predicted octanol–water partition coefficient (Wildman–Crippen LogP) is 3.45. The number of nitrogens with zero attached hydrogens (tertiary/aromatic N) is 1. The lowest BCUT2D eigenvalue weighted by Crippen LogP contribution is -2.47. The molecule has 0 saturated carbocycles. The molecule has 1 heterocycles. The Morgan fingerprint density at radius 3 is 2.52 bits per heavy atom. The number of hydrogen-bond acceptors (Lipinski definition) is 3. The van der Waals surface area contributed by atoms with Crippen molar-refractivity contribution in [2.24, 2.45) is 0 Å². The van der Waals surface area contributed by atoms with Crippen molar-refractivity contribution in [1.82, 2.24) is 10.2 Å². The summed E-state index contributed by atoms with van der Waals surface area (Å²) in [6.07, 6.45) is 1.45. The van der Waals surface area contributed by atoms with Gasteiger partial charge in [0.25, 0.3) is 11.8 Å². The minimum absolute atomic E-state index is 0.00921. The van der Waals surface area contributed by atoms with Crippen LogP contribution in [0.25, 0.3) is 0 Å². The minimum Gasteiger partial charge on any atom is -0.484 e. The summed E-state index contributed by atoms with van der Waals surface area (Å²) in [5, 5.41) is 3.54. The number of rotatable bonds is 5. The number of piperidine rings is 1. The quantitative estimate of drug-likeness (QED) is 0.856. The number of halogens is 1. The molecule has 0 aromatic heterocycles. The molecule has 27 heavy (non-hydrogen) atoms. The van der Waals surface area contributed by atoms with Crippen molar-refractivity contribution in [1.29, 1.82) is 0 Å². The van der Waals surface area contributed by atoms with E-state index in [1.165, 1.54) is 0 Å². The Morgan fingerprint density at radius 1 is 1.15 bits per heavy atom. The second-order valence-corrected chi connectivity index (χ2v) is 7.18. The van der Waals surface area contributed by atoms with Crippen molar-refractivity contribution < 1.29 is 14.3 Å². The maximum Gasteiger partial charge on any atom is 0.258 e. The first-order chi connectivity index (χ1) is 13.0. The van der Waals surface area contributed by atoms with Crippen LogP contribution in [0.2, 0.25) is 5.02 Å². The number of aryl methyl sites for hydroxylation is 1. The van der Waals surface area contributed by atoms with Crippen LogP contribution in [0.4, 0.5) is 0 Å². The average Bonchev–Trinajstić information content (AvgIpc) is 2.67. The lowest BCUT2D eigenvalue weighted by molar-refractivity contribution is -0.124. The number of hydrogen-bond donors (Lipinski definition) is 1. The van der Waals surface area contributed by atoms with Crippen LogP contribution in [0.1, 0.15) is 28.8 Å². The summed E-state index contributed by atoms with van der Waals surface area (Å²) >= 11 is 5.96. The van der Waals surface area contributed by atoms with Crippen LogP contribution in [0.5, 0.6) is 5.75 Å². The van der Waals surface area contributed by atoms with E-state index in [-0.39, 0.29) is 24.5 Å². The molecule has 0 spiro atoms. The van der Waals surface area contributed by atoms with Gasteiger partial charge in [0.1, 0.15) is 5.75 Å². The Hall–Kier alpha value is -2.53. The van der Waals surface area contributed by atoms with Gasteiger partial charge in [0.05, 0.1) is 0 Å². The summed E-state index contributed by atoms with van der Waals surface area (Å²) in [7, 11) is 0. The first kappa shape index (κ1) is 19.2. The lowest BCUT2D eigenvalue weighted by Gasteiger charge is -2.32. The van der Waals surface area contributed by atoms with Gasteiger partial charge >= 0.3 is 0 Å². The highest BCUT2D eigenvalue weighted by atomic mass is 35.5. The molecule has 0 radical (unpaired) electrons. The SMILES string of the molecule is Cc1ccc(OCC(=O)NC2CCN(C(=O)c3cccc(Cl)c3)CC2)cc1. The van der Waals surface area contributed by atoms with Crippen LogP contribution in [0.15, 0.2) is 48.5 Å². The van der Waals surface area contributed by atoms with E-state index in [4.69, 9.17) is 16.3 Å². The Kier molecular flexibility index (Phi) is 6.35. The fourth-order valence-electron chi connectivity index (χ4n) is 3.08. The van der Waals surface area contributed by atoms with E-state index in [2.05, 4.69) is 5.32 Å². The smallest absolute Gasteiger partial charge is 0.258 e. The third-order valence-corrected chi connectivity index (χ3v) is 4.84. The normalized spacial score (nSPS) is 14.7. The molecule has 5 nitrogen and oxygen atoms in total. The van der Waals surface area contributed by atoms with E-state index < -0.39 is 0 Å². The zero-order valence-electron chi connectivity index (χ0n) is 15.3. The molecular weight excluding hydrogens is 364 g/mol. The summed E-state index contributed by atoms with van der Waals surface area (Å²) in [6, 6.07) is 14.6. The van der Waals surface area contributed by atoms with Crippen molar-refractivity contribution >= 4 is 23.4 Å². The molecule has 2 aromatic rings. The minimum atomic E-state index is -0.143. The molecule has 1 aliphatic rings. The first-order valence-electron chi connectivity index (χ1n) is 9.05. The Morgan fingerprint density at radius 2 is 1.85 bits per heavy atom. The summed E-state index contributed by atoms with van der Waals surface area (Å²) in [4.78, 5) is 26.4. The number of ether oxygens (including phenoxy) is 1. The molecule has 0 atom stereocenters. The molecule has 2 aromatic carbocycles. The molecule has 3 rings (SSSR count). The zero-order chi connectivity index (χ0) is 19.2. The van der Waals surface area contributed by atoms with Crippen molar-refractivity contribution in [2.75, 3.05) is 19.7 Å². The van der Waals surface area contributed by atoms with Gasteiger partial charge in [0.2, 0.25) is 0 Å². The average molecular weight is 387 g/mol. The number of carbonyl (C=O) groups is 2. The topological polar surface area (TPSA) is 58.6 Å². The molecule has 0 bridgehead atoms. The summed E-state index contributed by atoms with van der Waals surface area (Å²) in [5.41, 5.74) is 1.74. The summed E-state index contributed by atoms with van der Waals surface area (Å²) in [5.74, 6) is 0.512. The number of nitrogens with one attached hydrogen (secondary N) is 1. The van der Waals surface area contributed by atoms with Crippen LogP contribution in [-0.2, 0) is 4.79 Å². The van der Waals surface area contributed by atoms with Gasteiger partial charge in [-0.3, -0.25) is 9.59 Å². The van der Waals surface area contributed by atoms with Gasteiger partial charge in [-0.25, -0.2) is 0 Å². The molecule has 2 amide bonds. The maximum atomic E-state index is 12.5. The second-order valence-electron chi connectivity index (χ2n) is 6.75. The molecule has 1 saturated heterocycles. The van der Waals surface area contributed by atoms with Crippen LogP contribution in [0.3, 0.4) is 0 Å². The number of amides is 2. The van der Waals surface area contributed by atoms with Gasteiger partial charge in [0, 0.05) is 29.7 Å². The Bertz CT molecular complexity index is 799. The summed E-state index contributed by atoms with van der Waals surface area (Å²) < 4.78 is 5.50. The van der Waals surface area contributed by atoms with E-state index in [0.29, 0.717) is 29.4 Å². The highest BCUT2D eigenvalue weighted by Crippen LogP contribution is 2.17. The van der Waals surface area contributed by atoms with Crippen molar-refractivity contribution in [3.8, 4) is 5.75 Å². The molecule has 0 aliphatic carbocycles. The lowest BCUT2D eigenvalue weighted by atomic mass is 10.0. The number of likely N-dealkylation sites (tertiary alicyclic amines) is 1. The van der Waals surface area contributed by atoms with E-state index in [1.807, 2.05) is 31.2 Å². The highest BCUT2D eigenvalue weighted by Gasteiger charge is 2.24. The molecule has 142 valence electrons. The second kappa shape index (κ2) is 8.91. The molecule has 0 unspecified atom stereocenters. The largest absolute Gasteiger partial charge is 0.484 e. The standard InChI is InChI=1S/C21H23ClN2O3/c1-15-5-7-19(8-6-15)27-14-20(25)23-18-9-11-24(12-10-18)21(26)16-3-2-4-17(22)13-16/h2-8,13,18H,9-12,14H2,1H3,(H,23,25). The predicted molar refractivity (Wildman–Crippen MR) is 105 cm³/mol. The fraction of sp³-hybridized carbons (Fsp3) is 0.333. The van der Waals surface area contributed by atoms with E-state index in [9.17, 15) is 9.59 Å². The van der Waals surface area contributed by atoms with Gasteiger partial charge < -0.3 is 15.0 Å². The van der Waals surface area contributed by atoms with E-state index in [1.54, 1.807) is 29.2 Å². The van der Waals surface area contributed by atoms with Gasteiger partial charge in [-0.1, -0.05) is 35.4 Å². The van der Waals surface area contributed by atoms with Crippen molar-refractivity contribution in [3.63, 3.8) is 0 Å². The highest BCUT2D eigenvalue weighted by molar-refractivity contribution is 6.30. The van der Waals surface area contributed by atoms with Crippen LogP contribution in [0, 0.1) is 6.92 Å². The number of carbonyl (C=O) groups excluding carboxylic acids is 2. The zero-order valence-corrected chi connectivity index (χ0v) is 16.0. The molecular formula is C21H23ClN2O3. The van der Waals surface area contributed by atoms with Gasteiger partial charge in [0.15, 0.2) is 6.61 Å². The van der Waals surface area contributed by atoms with Crippen molar-refractivity contribution in [3.05, 3.63) is 64.7 Å². The third kappa shape index (κ3) is 5.47. The molecule has 1 fully saturated rings. The van der Waals surface area contributed by atoms with Crippen LogP contribution < -0.4 is 10.1 Å². The monoisotopic (exact) mass is 386 g/mol. The fourth-order valence-corrected chi connectivity index (χ4v) is 3.27. The summed E-state index contributed by atoms with van der Waals surface area (Å²) in [6.45, 7) is 3.20. The van der Waals surface area contributed by atoms with Gasteiger partial charge in [-0.2, -0.15) is 0 Å². The van der Waals surface area contributed by atoms with Gasteiger partial charge in [-0.15, -0.1) is 0 Å². The maximum absolute atomic E-state index is 12.5. The van der Waals surface area contributed by atoms with Gasteiger partial charge in [-0.05, 0) is 50.1 Å². The van der Waals surface area contributed by atoms with Crippen LogP contribution in [-0.4, -0.2) is 42.5 Å². The molecule has 1 aliphatic heterocycles. The van der Waals surface area contributed by atoms with Crippen LogP contribution >= 0.6 is 11.6 Å².